The van der Waals surface area contributed by atoms with Gasteiger partial charge in [0.15, 0.2) is 14.2 Å². The van der Waals surface area contributed by atoms with Crippen LogP contribution < -0.4 is 5.32 Å². The molecule has 0 radical (unpaired) electrons. The Morgan fingerprint density at radius 1 is 1.15 bits per heavy atom. The highest BCUT2D eigenvalue weighted by molar-refractivity contribution is 8.01. The molecule has 1 aromatic heterocycles. The minimum Gasteiger partial charge on any atom is -0.334 e. The zero-order valence-corrected chi connectivity index (χ0v) is 21.6. The van der Waals surface area contributed by atoms with E-state index < -0.39 is 9.84 Å². The molecule has 0 bridgehead atoms. The van der Waals surface area contributed by atoms with Crippen LogP contribution in [0.1, 0.15) is 37.3 Å². The maximum atomic E-state index is 13.2. The lowest BCUT2D eigenvalue weighted by atomic mass is 10.0. The minimum atomic E-state index is -3.10. The summed E-state index contributed by atoms with van der Waals surface area (Å²) in [5.74, 6) is 0.721. The summed E-state index contributed by atoms with van der Waals surface area (Å²) in [6.45, 7) is 4.71. The van der Waals surface area contributed by atoms with E-state index in [0.717, 1.165) is 11.3 Å². The van der Waals surface area contributed by atoms with E-state index >= 15 is 0 Å². The Morgan fingerprint density at radius 3 is 2.53 bits per heavy atom. The Morgan fingerprint density at radius 2 is 1.88 bits per heavy atom. The second kappa shape index (κ2) is 10.9. The first-order chi connectivity index (χ1) is 16.3. The van der Waals surface area contributed by atoms with Gasteiger partial charge in [-0.2, -0.15) is 0 Å². The fourth-order valence-electron chi connectivity index (χ4n) is 3.82. The number of rotatable bonds is 9. The molecule has 0 saturated carbocycles. The second-order valence-corrected chi connectivity index (χ2v) is 13.1. The van der Waals surface area contributed by atoms with Crippen molar-refractivity contribution in [3.05, 3.63) is 65.7 Å². The van der Waals surface area contributed by atoms with Gasteiger partial charge >= 0.3 is 0 Å². The van der Waals surface area contributed by atoms with Crippen LogP contribution in [-0.2, 0) is 21.2 Å². The summed E-state index contributed by atoms with van der Waals surface area (Å²) in [6.07, 6.45) is 0.480. The molecule has 34 heavy (non-hydrogen) atoms. The second-order valence-electron chi connectivity index (χ2n) is 8.63. The molecule has 1 aliphatic rings. The first-order valence-electron chi connectivity index (χ1n) is 11.2. The number of nitrogens with one attached hydrogen (secondary N) is 1. The van der Waals surface area contributed by atoms with Crippen LogP contribution in [0.5, 0.6) is 0 Å². The van der Waals surface area contributed by atoms with E-state index in [0.29, 0.717) is 28.4 Å². The molecule has 1 atom stereocenters. The number of carbonyl (C=O) groups is 1. The quantitative estimate of drug-likeness (QED) is 0.412. The number of benzene rings is 2. The normalized spacial score (nSPS) is 17.1. The molecule has 1 N–H and O–H groups in total. The van der Waals surface area contributed by atoms with Crippen LogP contribution in [0.3, 0.4) is 0 Å². The fourth-order valence-corrected chi connectivity index (χ4v) is 7.21. The number of aromatic nitrogens is 2. The van der Waals surface area contributed by atoms with Crippen LogP contribution in [0, 0.1) is 0 Å². The molecule has 1 fully saturated rings. The average Bonchev–Trinajstić information content (AvgIpc) is 3.42. The largest absolute Gasteiger partial charge is 0.334 e. The first kappa shape index (κ1) is 24.7. The molecule has 7 nitrogen and oxygen atoms in total. The summed E-state index contributed by atoms with van der Waals surface area (Å²) >= 11 is 2.72. The van der Waals surface area contributed by atoms with E-state index in [4.69, 9.17) is 0 Å². The van der Waals surface area contributed by atoms with E-state index in [9.17, 15) is 13.2 Å². The Hall–Kier alpha value is -2.43. The average molecular weight is 517 g/mol. The van der Waals surface area contributed by atoms with Gasteiger partial charge in [-0.15, -0.1) is 10.2 Å². The minimum absolute atomic E-state index is 0.0265. The summed E-state index contributed by atoms with van der Waals surface area (Å²) in [7, 11) is -3.10. The molecule has 2 aromatic carbocycles. The lowest BCUT2D eigenvalue weighted by molar-refractivity contribution is -0.130. The van der Waals surface area contributed by atoms with Crippen molar-refractivity contribution in [2.45, 2.75) is 43.1 Å². The smallest absolute Gasteiger partial charge is 0.233 e. The van der Waals surface area contributed by atoms with Crippen molar-refractivity contribution >= 4 is 49.7 Å². The summed E-state index contributed by atoms with van der Waals surface area (Å²) in [5, 5.41) is 12.3. The zero-order chi connectivity index (χ0) is 24.1. The molecular formula is C24H28N4O3S3. The van der Waals surface area contributed by atoms with Crippen molar-refractivity contribution < 1.29 is 13.2 Å². The van der Waals surface area contributed by atoms with Crippen molar-refractivity contribution in [3.8, 4) is 0 Å². The van der Waals surface area contributed by atoms with Gasteiger partial charge in [-0.3, -0.25) is 4.79 Å². The highest BCUT2D eigenvalue weighted by Gasteiger charge is 2.34. The number of thioether (sulfide) groups is 1. The summed E-state index contributed by atoms with van der Waals surface area (Å²) in [4.78, 5) is 14.9. The van der Waals surface area contributed by atoms with Crippen LogP contribution in [0.2, 0.25) is 0 Å². The molecule has 180 valence electrons. The molecule has 0 aliphatic carbocycles. The SMILES string of the molecule is CC(C)c1ccc(Nc2nnc(SCC(=O)N(Cc3ccccc3)[C@@H]3CCS(=O)(=O)C3)s2)cc1. The Balaban J connectivity index is 1.38. The molecule has 1 amide bonds. The van der Waals surface area contributed by atoms with Crippen molar-refractivity contribution in [1.82, 2.24) is 15.1 Å². The van der Waals surface area contributed by atoms with Crippen molar-refractivity contribution in [2.24, 2.45) is 0 Å². The third-order valence-electron chi connectivity index (χ3n) is 5.72. The fraction of sp³-hybridized carbons (Fsp3) is 0.375. The van der Waals surface area contributed by atoms with Gasteiger partial charge in [0.25, 0.3) is 0 Å². The van der Waals surface area contributed by atoms with Crippen LogP contribution in [0.15, 0.2) is 58.9 Å². The van der Waals surface area contributed by atoms with Gasteiger partial charge in [0.2, 0.25) is 11.0 Å². The van der Waals surface area contributed by atoms with E-state index in [2.05, 4.69) is 41.5 Å². The molecule has 10 heteroatoms. The number of amides is 1. The van der Waals surface area contributed by atoms with E-state index in [-0.39, 0.29) is 29.2 Å². The number of carbonyl (C=O) groups excluding carboxylic acids is 1. The predicted octanol–water partition coefficient (Wildman–Crippen LogP) is 4.71. The highest BCUT2D eigenvalue weighted by atomic mass is 32.2. The lowest BCUT2D eigenvalue weighted by Gasteiger charge is -2.28. The number of nitrogens with zero attached hydrogens (tertiary/aromatic N) is 3. The molecule has 1 aliphatic heterocycles. The third-order valence-corrected chi connectivity index (χ3v) is 9.43. The maximum Gasteiger partial charge on any atom is 0.233 e. The van der Waals surface area contributed by atoms with E-state index in [1.807, 2.05) is 42.5 Å². The standard InChI is InChI=1S/C24H28N4O3S3/c1-17(2)19-8-10-20(11-9-19)25-23-26-27-24(33-23)32-15-22(29)28(14-18-6-4-3-5-7-18)21-12-13-34(30,31)16-21/h3-11,17,21H,12-16H2,1-2H3,(H,25,26)/t21-/m1/s1. The number of hydrogen-bond acceptors (Lipinski definition) is 8. The van der Waals surface area contributed by atoms with Gasteiger partial charge in [-0.1, -0.05) is 79.4 Å². The van der Waals surface area contributed by atoms with Gasteiger partial charge in [-0.05, 0) is 35.6 Å². The number of hydrogen-bond donors (Lipinski definition) is 1. The van der Waals surface area contributed by atoms with Crippen LogP contribution in [0.25, 0.3) is 0 Å². The van der Waals surface area contributed by atoms with Gasteiger partial charge in [0.1, 0.15) is 0 Å². The van der Waals surface area contributed by atoms with Crippen LogP contribution in [-0.4, -0.2) is 52.7 Å². The van der Waals surface area contributed by atoms with E-state index in [1.165, 1.54) is 28.7 Å². The Bertz CT molecular complexity index is 1210. The molecular weight excluding hydrogens is 488 g/mol. The van der Waals surface area contributed by atoms with Gasteiger partial charge in [0.05, 0.1) is 17.3 Å². The first-order valence-corrected chi connectivity index (χ1v) is 14.8. The summed E-state index contributed by atoms with van der Waals surface area (Å²) in [5.41, 5.74) is 3.19. The van der Waals surface area contributed by atoms with Gasteiger partial charge < -0.3 is 10.2 Å². The topological polar surface area (TPSA) is 92.3 Å². The number of anilines is 2. The van der Waals surface area contributed by atoms with Crippen molar-refractivity contribution in [2.75, 3.05) is 22.6 Å². The van der Waals surface area contributed by atoms with E-state index in [1.54, 1.807) is 4.90 Å². The number of sulfone groups is 1. The van der Waals surface area contributed by atoms with Crippen LogP contribution >= 0.6 is 23.1 Å². The molecule has 3 aromatic rings. The van der Waals surface area contributed by atoms with Crippen molar-refractivity contribution in [1.29, 1.82) is 0 Å². The molecule has 2 heterocycles. The third kappa shape index (κ3) is 6.58. The van der Waals surface area contributed by atoms with Gasteiger partial charge in [-0.25, -0.2) is 8.42 Å². The lowest BCUT2D eigenvalue weighted by Crippen LogP contribution is -2.41. The molecule has 4 rings (SSSR count). The monoisotopic (exact) mass is 516 g/mol. The summed E-state index contributed by atoms with van der Waals surface area (Å²) < 4.78 is 24.8. The molecule has 0 unspecified atom stereocenters. The summed E-state index contributed by atoms with van der Waals surface area (Å²) in [6, 6.07) is 17.6. The predicted molar refractivity (Wildman–Crippen MR) is 138 cm³/mol. The Labute approximate surface area is 208 Å². The van der Waals surface area contributed by atoms with Crippen molar-refractivity contribution in [3.63, 3.8) is 0 Å². The molecule has 1 saturated heterocycles. The molecule has 0 spiro atoms. The highest BCUT2D eigenvalue weighted by Crippen LogP contribution is 2.29. The zero-order valence-electron chi connectivity index (χ0n) is 19.2. The Kier molecular flexibility index (Phi) is 7.90. The van der Waals surface area contributed by atoms with Crippen LogP contribution in [0.4, 0.5) is 10.8 Å². The maximum absolute atomic E-state index is 13.2. The van der Waals surface area contributed by atoms with Gasteiger partial charge in [0, 0.05) is 18.3 Å².